The van der Waals surface area contributed by atoms with E-state index in [1.54, 1.807) is 0 Å². The molecule has 4 rings (SSSR count). The number of nitrogens with zero attached hydrogens (tertiary/aromatic N) is 2. The number of aromatic amines is 1. The van der Waals surface area contributed by atoms with Gasteiger partial charge in [0.25, 0.3) is 5.91 Å². The molecule has 1 amide bonds. The monoisotopic (exact) mass is 499 g/mol. The molecule has 3 N–H and O–H groups in total. The maximum absolute atomic E-state index is 13.4. The first-order valence-electron chi connectivity index (χ1n) is 11.4. The molecule has 184 valence electrons. The fraction of sp³-hybridized carbons (Fsp3) is 0.375. The summed E-state index contributed by atoms with van der Waals surface area (Å²) >= 11 is 0. The summed E-state index contributed by atoms with van der Waals surface area (Å²) in [6.07, 6.45) is 9.36. The highest BCUT2D eigenvalue weighted by Crippen LogP contribution is 2.31. The van der Waals surface area contributed by atoms with Crippen molar-refractivity contribution in [2.45, 2.75) is 49.5 Å². The Kier molecular flexibility index (Phi) is 6.97. The number of aromatic carboxylic acids is 1. The fourth-order valence-corrected chi connectivity index (χ4v) is 5.16. The number of pyridine rings is 1. The molecule has 3 aromatic rings. The molecule has 1 saturated carbocycles. The van der Waals surface area contributed by atoms with Gasteiger partial charge in [-0.2, -0.15) is 4.57 Å². The molecular formula is C24H27N4O6S+. The first kappa shape index (κ1) is 24.5. The van der Waals surface area contributed by atoms with Crippen molar-refractivity contribution in [2.24, 2.45) is 5.92 Å². The van der Waals surface area contributed by atoms with E-state index in [1.807, 2.05) is 0 Å². The number of nitrogens with one attached hydrogen (secondary N) is 2. The molecule has 1 aromatic carbocycles. The zero-order chi connectivity index (χ0) is 25.2. The van der Waals surface area contributed by atoms with Crippen molar-refractivity contribution in [3.63, 3.8) is 0 Å². The van der Waals surface area contributed by atoms with Gasteiger partial charge in [0, 0.05) is 24.9 Å². The minimum Gasteiger partial charge on any atom is -0.478 e. The number of hydrogen-bond acceptors (Lipinski definition) is 6. The third-order valence-corrected chi connectivity index (χ3v) is 7.53. The maximum Gasteiger partial charge on any atom is 0.345 e. The number of H-pyrrole nitrogens is 1. The lowest BCUT2D eigenvalue weighted by molar-refractivity contribution is -0.353. The van der Waals surface area contributed by atoms with Gasteiger partial charge in [-0.1, -0.05) is 32.1 Å². The molecule has 1 unspecified atom stereocenters. The van der Waals surface area contributed by atoms with Gasteiger partial charge in [-0.15, -0.1) is 0 Å². The first-order valence-corrected chi connectivity index (χ1v) is 13.3. The minimum atomic E-state index is -3.45. The number of hydrogen-bond donors (Lipinski definition) is 2. The minimum absolute atomic E-state index is 0.00411. The van der Waals surface area contributed by atoms with Crippen LogP contribution in [0.2, 0.25) is 0 Å². The van der Waals surface area contributed by atoms with Crippen LogP contribution in [0.4, 0.5) is 5.82 Å². The maximum atomic E-state index is 13.4. The van der Waals surface area contributed by atoms with E-state index in [0.29, 0.717) is 11.9 Å². The number of rotatable bonds is 7. The van der Waals surface area contributed by atoms with E-state index in [4.69, 9.17) is 5.11 Å². The molecule has 0 radical (unpaired) electrons. The van der Waals surface area contributed by atoms with Crippen molar-refractivity contribution in [1.29, 1.82) is 0 Å². The molecule has 11 heteroatoms. The molecule has 1 fully saturated rings. The van der Waals surface area contributed by atoms with Gasteiger partial charge in [0.05, 0.1) is 10.5 Å². The number of sulfone groups is 1. The average molecular weight is 500 g/mol. The lowest BCUT2D eigenvalue weighted by Gasteiger charge is -2.24. The smallest absolute Gasteiger partial charge is 0.345 e. The molecular weight excluding hydrogens is 472 g/mol. The average Bonchev–Trinajstić information content (AvgIpc) is 2.83. The van der Waals surface area contributed by atoms with Gasteiger partial charge < -0.3 is 10.4 Å². The Morgan fingerprint density at radius 3 is 2.57 bits per heavy atom. The molecule has 0 saturated heterocycles. The van der Waals surface area contributed by atoms with Crippen molar-refractivity contribution in [1.82, 2.24) is 9.55 Å². The Balaban J connectivity index is 1.69. The second kappa shape index (κ2) is 9.95. The molecule has 0 spiro atoms. The standard InChI is InChI=1S/C24H26N4O6S/c1-35(33,34)17-8-9-18-19(12-17)26-14-28(23(18)30)20(11-15-5-3-2-4-6-15)22(29)27-21-10-7-16(13-25-21)24(31)32/h7-10,12-15,20H,2-6,11H2,1H3,(H,31,32)(H,25,27,29)/p+1. The highest BCUT2D eigenvalue weighted by atomic mass is 32.2. The lowest BCUT2D eigenvalue weighted by atomic mass is 9.84. The van der Waals surface area contributed by atoms with Crippen LogP contribution < -0.4 is 15.9 Å². The summed E-state index contributed by atoms with van der Waals surface area (Å²) in [5, 5.41) is 12.0. The molecule has 1 atom stereocenters. The van der Waals surface area contributed by atoms with Crippen molar-refractivity contribution < 1.29 is 28.1 Å². The van der Waals surface area contributed by atoms with Gasteiger partial charge in [-0.25, -0.2) is 28.0 Å². The largest absolute Gasteiger partial charge is 0.478 e. The number of carboxylic acids is 1. The number of amides is 1. The van der Waals surface area contributed by atoms with Gasteiger partial charge in [0.1, 0.15) is 16.7 Å². The van der Waals surface area contributed by atoms with E-state index >= 15 is 0 Å². The van der Waals surface area contributed by atoms with Crippen LogP contribution >= 0.6 is 0 Å². The third kappa shape index (κ3) is 5.56. The van der Waals surface area contributed by atoms with Gasteiger partial charge in [-0.05, 0) is 30.2 Å². The molecule has 2 aromatic heterocycles. The Morgan fingerprint density at radius 1 is 1.20 bits per heavy atom. The van der Waals surface area contributed by atoms with Crippen molar-refractivity contribution in [3.8, 4) is 0 Å². The van der Waals surface area contributed by atoms with Crippen LogP contribution in [0.3, 0.4) is 0 Å². The molecule has 1 aliphatic carbocycles. The quantitative estimate of drug-likeness (QED) is 0.507. The van der Waals surface area contributed by atoms with Crippen LogP contribution in [-0.4, -0.2) is 41.2 Å². The van der Waals surface area contributed by atoms with Gasteiger partial charge >= 0.3 is 11.5 Å². The lowest BCUT2D eigenvalue weighted by Crippen LogP contribution is -2.37. The number of fused-ring (bicyclic) bond motifs is 1. The fourth-order valence-electron chi connectivity index (χ4n) is 4.52. The second-order valence-corrected chi connectivity index (χ2v) is 11.0. The van der Waals surface area contributed by atoms with Gasteiger partial charge in [0.15, 0.2) is 15.9 Å². The topological polar surface area (TPSA) is 150 Å². The number of carbonyl (C=O) groups excluding carboxylic acids is 1. The number of anilines is 1. The Hall–Kier alpha value is -3.60. The molecule has 10 nitrogen and oxygen atoms in total. The van der Waals surface area contributed by atoms with Crippen LogP contribution in [0.1, 0.15) is 54.9 Å². The number of carbonyl (C=O) groups is 2. The molecule has 0 bridgehead atoms. The van der Waals surface area contributed by atoms with E-state index in [1.165, 1.54) is 41.2 Å². The summed E-state index contributed by atoms with van der Waals surface area (Å²) in [4.78, 5) is 44.9. The normalized spacial score (nSPS) is 15.6. The van der Waals surface area contributed by atoms with Crippen molar-refractivity contribution in [2.75, 3.05) is 11.6 Å². The van der Waals surface area contributed by atoms with Crippen LogP contribution in [0.5, 0.6) is 0 Å². The summed E-state index contributed by atoms with van der Waals surface area (Å²) in [6, 6.07) is 6.14. The molecule has 1 aliphatic rings. The zero-order valence-corrected chi connectivity index (χ0v) is 20.0. The van der Waals surface area contributed by atoms with Gasteiger partial charge in [0.2, 0.25) is 6.33 Å². The number of benzene rings is 1. The van der Waals surface area contributed by atoms with E-state index < -0.39 is 33.3 Å². The van der Waals surface area contributed by atoms with Gasteiger partial charge in [-0.3, -0.25) is 4.79 Å². The summed E-state index contributed by atoms with van der Waals surface area (Å²) in [6.45, 7) is 0. The number of aromatic nitrogens is 3. The molecule has 35 heavy (non-hydrogen) atoms. The summed E-state index contributed by atoms with van der Waals surface area (Å²) in [5.74, 6) is -1.10. The van der Waals surface area contributed by atoms with E-state index in [-0.39, 0.29) is 27.6 Å². The predicted octanol–water partition coefficient (Wildman–Crippen LogP) is 2.46. The van der Waals surface area contributed by atoms with Crippen LogP contribution in [0.15, 0.2) is 52.5 Å². The third-order valence-electron chi connectivity index (χ3n) is 6.42. The van der Waals surface area contributed by atoms with E-state index in [2.05, 4.69) is 15.3 Å². The summed E-state index contributed by atoms with van der Waals surface area (Å²) in [7, 11) is -3.45. The van der Waals surface area contributed by atoms with E-state index in [0.717, 1.165) is 44.6 Å². The number of carboxylic acid groups (broad SMARTS) is 1. The predicted molar refractivity (Wildman–Crippen MR) is 128 cm³/mol. The van der Waals surface area contributed by atoms with Crippen LogP contribution in [0, 0.1) is 5.92 Å². The SMILES string of the molecule is CS(=O)(=O)c1ccc2c(=O)n(C(CC3CCCCC3)C(=O)Nc3ccc(C(=O)O)cn3)c[nH+]c2c1. The Morgan fingerprint density at radius 2 is 1.94 bits per heavy atom. The molecule has 2 heterocycles. The van der Waals surface area contributed by atoms with Crippen molar-refractivity contribution >= 4 is 38.4 Å². The van der Waals surface area contributed by atoms with Crippen LogP contribution in [0.25, 0.3) is 10.9 Å². The first-order chi connectivity index (χ1) is 16.6. The summed E-state index contributed by atoms with van der Waals surface area (Å²) < 4.78 is 25.1. The Bertz CT molecular complexity index is 1430. The zero-order valence-electron chi connectivity index (χ0n) is 19.2. The second-order valence-electron chi connectivity index (χ2n) is 8.95. The highest BCUT2D eigenvalue weighted by Gasteiger charge is 2.32. The summed E-state index contributed by atoms with van der Waals surface area (Å²) in [5.41, 5.74) is -0.0589. The Labute approximate surface area is 202 Å². The van der Waals surface area contributed by atoms with Crippen LogP contribution in [-0.2, 0) is 14.6 Å². The highest BCUT2D eigenvalue weighted by molar-refractivity contribution is 7.90. The molecule has 0 aliphatic heterocycles. The van der Waals surface area contributed by atoms with Crippen molar-refractivity contribution in [3.05, 3.63) is 58.8 Å². The van der Waals surface area contributed by atoms with E-state index in [9.17, 15) is 22.8 Å².